The van der Waals surface area contributed by atoms with Crippen LogP contribution in [0.25, 0.3) is 139 Å². The molecule has 11 aromatic carbocycles. The van der Waals surface area contributed by atoms with Gasteiger partial charge >= 0.3 is 0 Å². The predicted octanol–water partition coefficient (Wildman–Crippen LogP) is 18.1. The van der Waals surface area contributed by atoms with E-state index in [1.807, 2.05) is 6.07 Å². The molecular formula is C70H45N5. The van der Waals surface area contributed by atoms with Gasteiger partial charge in [-0.3, -0.25) is 0 Å². The summed E-state index contributed by atoms with van der Waals surface area (Å²) in [5.41, 5.74) is 20.2. The summed E-state index contributed by atoms with van der Waals surface area (Å²) in [6.45, 7) is 0. The normalized spacial score (nSPS) is 11.7. The number of fused-ring (bicyclic) bond motifs is 9. The molecule has 4 aromatic heterocycles. The second-order valence-electron chi connectivity index (χ2n) is 19.4. The first-order valence-electron chi connectivity index (χ1n) is 25.6. The Balaban J connectivity index is 0.783. The molecule has 0 radical (unpaired) electrons. The fraction of sp³-hybridized carbons (Fsp3) is 0. The van der Waals surface area contributed by atoms with E-state index >= 15 is 0 Å². The molecule has 4 heterocycles. The lowest BCUT2D eigenvalue weighted by Gasteiger charge is -2.12. The van der Waals surface area contributed by atoms with Gasteiger partial charge in [0.05, 0.1) is 38.8 Å². The maximum atomic E-state index is 5.28. The van der Waals surface area contributed by atoms with Crippen molar-refractivity contribution in [2.75, 3.05) is 0 Å². The van der Waals surface area contributed by atoms with Crippen LogP contribution in [0, 0.1) is 0 Å². The van der Waals surface area contributed by atoms with Crippen molar-refractivity contribution in [3.8, 4) is 73.1 Å². The smallest absolute Gasteiger partial charge is 0.160 e. The van der Waals surface area contributed by atoms with Crippen LogP contribution in [0.4, 0.5) is 0 Å². The summed E-state index contributed by atoms with van der Waals surface area (Å²) < 4.78 is 7.10. The van der Waals surface area contributed by atoms with Gasteiger partial charge in [0, 0.05) is 66.7 Å². The first kappa shape index (κ1) is 42.6. The second-order valence-corrected chi connectivity index (χ2v) is 19.4. The minimum absolute atomic E-state index is 0.696. The highest BCUT2D eigenvalue weighted by Crippen LogP contribution is 2.41. The van der Waals surface area contributed by atoms with Gasteiger partial charge in [0.25, 0.3) is 0 Å². The van der Waals surface area contributed by atoms with Crippen molar-refractivity contribution in [1.82, 2.24) is 23.7 Å². The van der Waals surface area contributed by atoms with E-state index in [0.717, 1.165) is 61.4 Å². The SMILES string of the molecule is c1ccc(-c2ccc(-c3ccc(-c4nc(-c5ccc(-n6c7ccccc7c7cc(-c8ccc9c(c8)c8ccc%10c(ccn%10-c%10ccccc%10)c8n9-c8ccccc8)ccc76)cc5)nc5ccccc45)cc3)cc2)cc1. The first-order chi connectivity index (χ1) is 37.2. The standard InChI is InChI=1S/C70H45N5/c1-4-14-46(15-5-1)47-24-26-48(27-25-47)49-28-30-50(31-29-49)68-59-21-10-12-22-63(59)71-70(72-68)51-32-36-56(37-33-51)74-65-23-13-11-20-57(65)61-44-52(34-39-66(61)74)53-35-40-67-62(45-53)58-38-41-64-60(42-43-73(64)54-16-6-2-7-17-54)69(58)75(67)55-18-8-3-9-19-55/h1-45H. The summed E-state index contributed by atoms with van der Waals surface area (Å²) >= 11 is 0. The molecule has 0 saturated heterocycles. The number of benzene rings is 11. The molecule has 0 amide bonds. The van der Waals surface area contributed by atoms with Crippen molar-refractivity contribution in [2.45, 2.75) is 0 Å². The van der Waals surface area contributed by atoms with E-state index < -0.39 is 0 Å². The minimum Gasteiger partial charge on any atom is -0.316 e. The van der Waals surface area contributed by atoms with E-state index in [1.165, 1.54) is 71.3 Å². The van der Waals surface area contributed by atoms with Crippen molar-refractivity contribution < 1.29 is 0 Å². The van der Waals surface area contributed by atoms with Crippen molar-refractivity contribution in [3.63, 3.8) is 0 Å². The first-order valence-corrected chi connectivity index (χ1v) is 25.6. The number of hydrogen-bond acceptors (Lipinski definition) is 2. The molecule has 5 nitrogen and oxygen atoms in total. The molecule has 0 aliphatic heterocycles. The van der Waals surface area contributed by atoms with Crippen LogP contribution >= 0.6 is 0 Å². The van der Waals surface area contributed by atoms with Crippen LogP contribution in [-0.2, 0) is 0 Å². The summed E-state index contributed by atoms with van der Waals surface area (Å²) in [6, 6.07) is 95.9. The topological polar surface area (TPSA) is 40.6 Å². The molecule has 0 N–H and O–H groups in total. The van der Waals surface area contributed by atoms with Gasteiger partial charge in [-0.25, -0.2) is 9.97 Å². The number of rotatable bonds is 8. The largest absolute Gasteiger partial charge is 0.316 e. The van der Waals surface area contributed by atoms with E-state index in [2.05, 4.69) is 281 Å². The highest BCUT2D eigenvalue weighted by molar-refractivity contribution is 6.19. The average Bonchev–Trinajstić information content (AvgIpc) is 4.18. The fourth-order valence-electron chi connectivity index (χ4n) is 11.5. The fourth-order valence-corrected chi connectivity index (χ4v) is 11.5. The molecule has 0 aliphatic rings. The number of aromatic nitrogens is 5. The molecule has 0 unspecified atom stereocenters. The van der Waals surface area contributed by atoms with E-state index in [-0.39, 0.29) is 0 Å². The molecule has 15 rings (SSSR count). The zero-order chi connectivity index (χ0) is 49.4. The Bertz CT molecular complexity index is 4650. The van der Waals surface area contributed by atoms with Crippen molar-refractivity contribution >= 4 is 65.4 Å². The van der Waals surface area contributed by atoms with Gasteiger partial charge in [-0.2, -0.15) is 0 Å². The number of nitrogens with zero attached hydrogens (tertiary/aromatic N) is 5. The average molecular weight is 956 g/mol. The Morgan fingerprint density at radius 2 is 0.733 bits per heavy atom. The Morgan fingerprint density at radius 3 is 1.41 bits per heavy atom. The molecule has 0 spiro atoms. The van der Waals surface area contributed by atoms with Gasteiger partial charge in [0.2, 0.25) is 0 Å². The summed E-state index contributed by atoms with van der Waals surface area (Å²) in [5, 5.41) is 7.13. The minimum atomic E-state index is 0.696. The Kier molecular flexibility index (Phi) is 9.82. The van der Waals surface area contributed by atoms with Gasteiger partial charge < -0.3 is 13.7 Å². The summed E-state index contributed by atoms with van der Waals surface area (Å²) in [7, 11) is 0. The van der Waals surface area contributed by atoms with Gasteiger partial charge in [-0.1, -0.05) is 170 Å². The van der Waals surface area contributed by atoms with Crippen LogP contribution in [0.2, 0.25) is 0 Å². The van der Waals surface area contributed by atoms with Crippen LogP contribution < -0.4 is 0 Å². The predicted molar refractivity (Wildman–Crippen MR) is 312 cm³/mol. The van der Waals surface area contributed by atoms with Gasteiger partial charge in [0.1, 0.15) is 0 Å². The van der Waals surface area contributed by atoms with Crippen molar-refractivity contribution in [3.05, 3.63) is 273 Å². The van der Waals surface area contributed by atoms with E-state index in [9.17, 15) is 0 Å². The van der Waals surface area contributed by atoms with Crippen LogP contribution in [0.15, 0.2) is 273 Å². The maximum Gasteiger partial charge on any atom is 0.160 e. The zero-order valence-electron chi connectivity index (χ0n) is 40.7. The Labute approximate surface area is 433 Å². The molecule has 0 atom stereocenters. The number of para-hydroxylation sites is 4. The van der Waals surface area contributed by atoms with Crippen LogP contribution in [0.5, 0.6) is 0 Å². The van der Waals surface area contributed by atoms with Gasteiger partial charge in [-0.15, -0.1) is 0 Å². The van der Waals surface area contributed by atoms with Crippen molar-refractivity contribution in [2.24, 2.45) is 0 Å². The van der Waals surface area contributed by atoms with Crippen LogP contribution in [0.1, 0.15) is 0 Å². The lowest BCUT2D eigenvalue weighted by atomic mass is 9.98. The summed E-state index contributed by atoms with van der Waals surface area (Å²) in [4.78, 5) is 10.4. The quantitative estimate of drug-likeness (QED) is 0.152. The molecule has 15 aromatic rings. The second kappa shape index (κ2) is 17.3. The van der Waals surface area contributed by atoms with Crippen LogP contribution in [0.3, 0.4) is 0 Å². The van der Waals surface area contributed by atoms with Gasteiger partial charge in [-0.05, 0) is 130 Å². The van der Waals surface area contributed by atoms with Gasteiger partial charge in [0.15, 0.2) is 5.82 Å². The summed E-state index contributed by atoms with van der Waals surface area (Å²) in [6.07, 6.45) is 2.20. The Hall–Kier alpha value is -10.1. The lowest BCUT2D eigenvalue weighted by molar-refractivity contribution is 1.13. The van der Waals surface area contributed by atoms with Crippen LogP contribution in [-0.4, -0.2) is 23.7 Å². The molecular weight excluding hydrogens is 911 g/mol. The summed E-state index contributed by atoms with van der Waals surface area (Å²) in [5.74, 6) is 0.696. The van der Waals surface area contributed by atoms with E-state index in [0.29, 0.717) is 5.82 Å². The zero-order valence-corrected chi connectivity index (χ0v) is 40.7. The highest BCUT2D eigenvalue weighted by Gasteiger charge is 2.20. The monoisotopic (exact) mass is 955 g/mol. The molecule has 5 heteroatoms. The maximum absolute atomic E-state index is 5.28. The third-order valence-corrected chi connectivity index (χ3v) is 15.1. The Morgan fingerprint density at radius 1 is 0.253 bits per heavy atom. The highest BCUT2D eigenvalue weighted by atomic mass is 15.0. The molecule has 0 saturated carbocycles. The molecule has 0 bridgehead atoms. The molecule has 0 aliphatic carbocycles. The van der Waals surface area contributed by atoms with E-state index in [4.69, 9.17) is 9.97 Å². The molecule has 75 heavy (non-hydrogen) atoms. The lowest BCUT2D eigenvalue weighted by Crippen LogP contribution is -1.97. The molecule has 350 valence electrons. The van der Waals surface area contributed by atoms with E-state index in [1.54, 1.807) is 0 Å². The van der Waals surface area contributed by atoms with Crippen molar-refractivity contribution in [1.29, 1.82) is 0 Å². The molecule has 0 fully saturated rings. The third kappa shape index (κ3) is 7.08. The number of hydrogen-bond donors (Lipinski definition) is 0. The third-order valence-electron chi connectivity index (χ3n) is 15.1.